The van der Waals surface area contributed by atoms with Crippen LogP contribution in [0.3, 0.4) is 0 Å². The van der Waals surface area contributed by atoms with Gasteiger partial charge in [-0.1, -0.05) is 43.7 Å². The van der Waals surface area contributed by atoms with E-state index in [2.05, 4.69) is 0 Å². The standard InChI is InChI=1S/C22H24N2O6/c1-2-3-10-29-19-17-20(26)23-9-11-30-21(23)16(12-14-7-5-4-6-8-14)24(17)13-15(18(19)25)22(27)28/h4-8,13,16,21H,2-3,9-12H2,1H3,(H,27,28)/t16-,21?/m0/s1. The Hall–Kier alpha value is -3.13. The Labute approximate surface area is 173 Å². The molecule has 0 aliphatic carbocycles. The third kappa shape index (κ3) is 3.47. The van der Waals surface area contributed by atoms with Gasteiger partial charge in [-0.15, -0.1) is 0 Å². The second kappa shape index (κ2) is 8.31. The van der Waals surface area contributed by atoms with E-state index in [0.29, 0.717) is 26.0 Å². The topological polar surface area (TPSA) is 98.1 Å². The second-order valence-corrected chi connectivity index (χ2v) is 7.48. The third-order valence-electron chi connectivity index (χ3n) is 5.53. The van der Waals surface area contributed by atoms with E-state index in [1.54, 1.807) is 9.47 Å². The van der Waals surface area contributed by atoms with Crippen LogP contribution in [0.25, 0.3) is 0 Å². The molecule has 8 heteroatoms. The number of hydrogen-bond donors (Lipinski definition) is 1. The van der Waals surface area contributed by atoms with Crippen molar-refractivity contribution < 1.29 is 24.2 Å². The monoisotopic (exact) mass is 412 g/mol. The quantitative estimate of drug-likeness (QED) is 0.701. The zero-order valence-corrected chi connectivity index (χ0v) is 16.7. The molecule has 2 aromatic rings. The largest absolute Gasteiger partial charge is 0.487 e. The molecule has 0 bridgehead atoms. The number of nitrogens with zero attached hydrogens (tertiary/aromatic N) is 2. The van der Waals surface area contributed by atoms with Gasteiger partial charge in [-0.3, -0.25) is 9.59 Å². The Balaban J connectivity index is 1.88. The van der Waals surface area contributed by atoms with Gasteiger partial charge in [0.2, 0.25) is 5.43 Å². The Morgan fingerprint density at radius 3 is 2.73 bits per heavy atom. The predicted octanol–water partition coefficient (Wildman–Crippen LogP) is 2.32. The van der Waals surface area contributed by atoms with Gasteiger partial charge in [0.05, 0.1) is 19.3 Å². The zero-order valence-electron chi connectivity index (χ0n) is 16.7. The minimum atomic E-state index is -1.35. The highest BCUT2D eigenvalue weighted by Gasteiger charge is 2.45. The van der Waals surface area contributed by atoms with Gasteiger partial charge in [0, 0.05) is 12.7 Å². The zero-order chi connectivity index (χ0) is 21.3. The van der Waals surface area contributed by atoms with E-state index in [0.717, 1.165) is 12.0 Å². The van der Waals surface area contributed by atoms with Gasteiger partial charge in [0.15, 0.2) is 17.7 Å². The first-order valence-corrected chi connectivity index (χ1v) is 10.1. The number of benzene rings is 1. The number of carbonyl (C=O) groups excluding carboxylic acids is 1. The Morgan fingerprint density at radius 2 is 2.03 bits per heavy atom. The van der Waals surface area contributed by atoms with Crippen LogP contribution < -0.4 is 10.2 Å². The van der Waals surface area contributed by atoms with Gasteiger partial charge in [0.25, 0.3) is 5.91 Å². The van der Waals surface area contributed by atoms with Crippen LogP contribution in [0.1, 0.15) is 52.2 Å². The van der Waals surface area contributed by atoms with E-state index in [4.69, 9.17) is 9.47 Å². The average Bonchev–Trinajstić information content (AvgIpc) is 3.23. The molecule has 0 spiro atoms. The molecule has 30 heavy (non-hydrogen) atoms. The van der Waals surface area contributed by atoms with Crippen molar-refractivity contribution in [3.05, 3.63) is 63.6 Å². The first-order valence-electron chi connectivity index (χ1n) is 10.1. The number of rotatable bonds is 7. The number of amides is 1. The fourth-order valence-electron chi connectivity index (χ4n) is 4.04. The Kier molecular flexibility index (Phi) is 5.59. The van der Waals surface area contributed by atoms with Crippen LogP contribution in [-0.2, 0) is 11.2 Å². The van der Waals surface area contributed by atoms with Crippen LogP contribution in [0.4, 0.5) is 0 Å². The molecule has 2 aliphatic rings. The molecule has 0 saturated carbocycles. The van der Waals surface area contributed by atoms with Crippen molar-refractivity contribution in [3.8, 4) is 5.75 Å². The van der Waals surface area contributed by atoms with Gasteiger partial charge in [-0.2, -0.15) is 0 Å². The minimum absolute atomic E-state index is 0.101. The Morgan fingerprint density at radius 1 is 1.27 bits per heavy atom. The van der Waals surface area contributed by atoms with Crippen molar-refractivity contribution in [2.45, 2.75) is 38.5 Å². The second-order valence-electron chi connectivity index (χ2n) is 7.48. The van der Waals surface area contributed by atoms with E-state index in [1.807, 2.05) is 37.3 Å². The highest BCUT2D eigenvalue weighted by molar-refractivity contribution is 5.98. The Bertz CT molecular complexity index is 1020. The molecule has 1 saturated heterocycles. The number of ether oxygens (including phenoxy) is 2. The smallest absolute Gasteiger partial charge is 0.341 e. The van der Waals surface area contributed by atoms with E-state index in [9.17, 15) is 19.5 Å². The summed E-state index contributed by atoms with van der Waals surface area (Å²) < 4.78 is 13.1. The summed E-state index contributed by atoms with van der Waals surface area (Å²) in [4.78, 5) is 39.5. The molecular formula is C22H24N2O6. The van der Waals surface area contributed by atoms with Crippen LogP contribution in [0.15, 0.2) is 41.3 Å². The summed E-state index contributed by atoms with van der Waals surface area (Å²) in [6.07, 6.45) is 2.77. The fraction of sp³-hybridized carbons (Fsp3) is 0.409. The number of carboxylic acid groups (broad SMARTS) is 1. The number of pyridine rings is 1. The first-order chi connectivity index (χ1) is 14.5. The summed E-state index contributed by atoms with van der Waals surface area (Å²) in [7, 11) is 0. The number of hydrogen-bond acceptors (Lipinski definition) is 5. The molecule has 8 nitrogen and oxygen atoms in total. The summed E-state index contributed by atoms with van der Waals surface area (Å²) in [5, 5.41) is 9.60. The van der Waals surface area contributed by atoms with Gasteiger partial charge >= 0.3 is 5.97 Å². The molecule has 1 aromatic carbocycles. The molecular weight excluding hydrogens is 388 g/mol. The van der Waals surface area contributed by atoms with Crippen LogP contribution >= 0.6 is 0 Å². The molecule has 2 atom stereocenters. The van der Waals surface area contributed by atoms with Gasteiger partial charge < -0.3 is 24.0 Å². The van der Waals surface area contributed by atoms with E-state index in [1.165, 1.54) is 6.20 Å². The third-order valence-corrected chi connectivity index (χ3v) is 5.53. The summed E-state index contributed by atoms with van der Waals surface area (Å²) in [5.41, 5.74) is -0.0659. The number of fused-ring (bicyclic) bond motifs is 2. The maximum absolute atomic E-state index is 13.2. The number of aromatic carboxylic acids is 1. The molecule has 4 rings (SSSR count). The normalized spacial score (nSPS) is 20.0. The van der Waals surface area contributed by atoms with Crippen molar-refractivity contribution >= 4 is 11.9 Å². The average molecular weight is 412 g/mol. The maximum atomic E-state index is 13.2. The summed E-state index contributed by atoms with van der Waals surface area (Å²) in [6, 6.07) is 9.31. The lowest BCUT2D eigenvalue weighted by molar-refractivity contribution is -0.0152. The first kappa shape index (κ1) is 20.2. The molecule has 3 heterocycles. The molecule has 1 unspecified atom stereocenters. The number of carbonyl (C=O) groups is 2. The molecule has 158 valence electrons. The van der Waals surface area contributed by atoms with Gasteiger partial charge in [-0.05, 0) is 18.4 Å². The number of aromatic nitrogens is 1. The SMILES string of the molecule is CCCCOc1c2n(cc(C(=O)O)c1=O)[C@@H](Cc1ccccc1)C1OCCN1C2=O. The van der Waals surface area contributed by atoms with Gasteiger partial charge in [0.1, 0.15) is 5.56 Å². The highest BCUT2D eigenvalue weighted by Crippen LogP contribution is 2.36. The predicted molar refractivity (Wildman–Crippen MR) is 108 cm³/mol. The van der Waals surface area contributed by atoms with Crippen LogP contribution in [0.2, 0.25) is 0 Å². The summed E-state index contributed by atoms with van der Waals surface area (Å²) in [6.45, 7) is 3.02. The molecule has 1 fully saturated rings. The van der Waals surface area contributed by atoms with Crippen molar-refractivity contribution in [2.24, 2.45) is 0 Å². The van der Waals surface area contributed by atoms with Crippen LogP contribution in [0.5, 0.6) is 5.75 Å². The maximum Gasteiger partial charge on any atom is 0.341 e. The lowest BCUT2D eigenvalue weighted by atomic mass is 9.99. The van der Waals surface area contributed by atoms with Crippen LogP contribution in [-0.4, -0.2) is 52.4 Å². The highest BCUT2D eigenvalue weighted by atomic mass is 16.5. The van der Waals surface area contributed by atoms with Gasteiger partial charge in [-0.25, -0.2) is 4.79 Å². The minimum Gasteiger partial charge on any atom is -0.487 e. The van der Waals surface area contributed by atoms with E-state index < -0.39 is 23.2 Å². The van der Waals surface area contributed by atoms with Crippen molar-refractivity contribution in [3.63, 3.8) is 0 Å². The lowest BCUT2D eigenvalue weighted by Crippen LogP contribution is -2.50. The van der Waals surface area contributed by atoms with E-state index in [-0.39, 0.29) is 30.0 Å². The molecule has 1 aromatic heterocycles. The molecule has 2 aliphatic heterocycles. The molecule has 1 N–H and O–H groups in total. The molecule has 0 radical (unpaired) electrons. The molecule has 1 amide bonds. The summed E-state index contributed by atoms with van der Waals surface area (Å²) >= 11 is 0. The van der Waals surface area contributed by atoms with Crippen molar-refractivity contribution in [2.75, 3.05) is 19.8 Å². The number of unbranched alkanes of at least 4 members (excludes halogenated alkanes) is 1. The van der Waals surface area contributed by atoms with E-state index >= 15 is 0 Å². The summed E-state index contributed by atoms with van der Waals surface area (Å²) in [5.74, 6) is -1.91. The van der Waals surface area contributed by atoms with Crippen LogP contribution in [0, 0.1) is 0 Å². The lowest BCUT2D eigenvalue weighted by Gasteiger charge is -2.39. The fourth-order valence-corrected chi connectivity index (χ4v) is 4.04. The van der Waals surface area contributed by atoms with Crippen molar-refractivity contribution in [1.29, 1.82) is 0 Å². The number of carboxylic acids is 1. The van der Waals surface area contributed by atoms with Crippen molar-refractivity contribution in [1.82, 2.24) is 9.47 Å².